The van der Waals surface area contributed by atoms with Gasteiger partial charge in [-0.25, -0.2) is 4.98 Å². The summed E-state index contributed by atoms with van der Waals surface area (Å²) >= 11 is 4.75. The Kier molecular flexibility index (Phi) is 2.62. The molecule has 1 aromatic carbocycles. The minimum Gasteiger partial charge on any atom is -0.243 e. The topological polar surface area (TPSA) is 36.7 Å². The SMILES string of the molecule is N#Cc1scnc1-c1cccc(Br)c1. The lowest BCUT2D eigenvalue weighted by Crippen LogP contribution is -1.80. The van der Waals surface area contributed by atoms with E-state index in [0.29, 0.717) is 4.88 Å². The van der Waals surface area contributed by atoms with Gasteiger partial charge >= 0.3 is 0 Å². The van der Waals surface area contributed by atoms with Crippen LogP contribution in [0, 0.1) is 11.3 Å². The van der Waals surface area contributed by atoms with Crippen LogP contribution in [0.3, 0.4) is 0 Å². The van der Waals surface area contributed by atoms with E-state index in [1.165, 1.54) is 11.3 Å². The zero-order chi connectivity index (χ0) is 9.97. The number of halogens is 1. The highest BCUT2D eigenvalue weighted by molar-refractivity contribution is 9.10. The van der Waals surface area contributed by atoms with Gasteiger partial charge in [-0.1, -0.05) is 28.1 Å². The van der Waals surface area contributed by atoms with E-state index in [1.807, 2.05) is 24.3 Å². The van der Waals surface area contributed by atoms with Gasteiger partial charge in [0.25, 0.3) is 0 Å². The number of rotatable bonds is 1. The molecule has 0 N–H and O–H groups in total. The van der Waals surface area contributed by atoms with Crippen LogP contribution in [0.15, 0.2) is 34.2 Å². The molecule has 2 aromatic rings. The first-order chi connectivity index (χ1) is 6.81. The van der Waals surface area contributed by atoms with Crippen LogP contribution in [0.5, 0.6) is 0 Å². The summed E-state index contributed by atoms with van der Waals surface area (Å²) in [4.78, 5) is 4.83. The van der Waals surface area contributed by atoms with Gasteiger partial charge in [0.15, 0.2) is 0 Å². The lowest BCUT2D eigenvalue weighted by molar-refractivity contribution is 1.39. The van der Waals surface area contributed by atoms with Crippen molar-refractivity contribution < 1.29 is 0 Å². The van der Waals surface area contributed by atoms with Crippen LogP contribution in [-0.2, 0) is 0 Å². The molecule has 1 aromatic heterocycles. The Hall–Kier alpha value is -1.18. The molecule has 68 valence electrons. The molecular weight excluding hydrogens is 260 g/mol. The van der Waals surface area contributed by atoms with Crippen molar-refractivity contribution in [2.24, 2.45) is 0 Å². The van der Waals surface area contributed by atoms with Crippen molar-refractivity contribution >= 4 is 27.3 Å². The van der Waals surface area contributed by atoms with Crippen molar-refractivity contribution in [1.29, 1.82) is 5.26 Å². The van der Waals surface area contributed by atoms with Crippen molar-refractivity contribution in [2.45, 2.75) is 0 Å². The molecule has 0 spiro atoms. The molecule has 0 radical (unpaired) electrons. The molecule has 0 fully saturated rings. The van der Waals surface area contributed by atoms with Crippen LogP contribution in [0.25, 0.3) is 11.3 Å². The monoisotopic (exact) mass is 264 g/mol. The van der Waals surface area contributed by atoms with E-state index in [4.69, 9.17) is 5.26 Å². The van der Waals surface area contributed by atoms with Gasteiger partial charge in [-0.15, -0.1) is 11.3 Å². The molecule has 2 nitrogen and oxygen atoms in total. The van der Waals surface area contributed by atoms with E-state index in [-0.39, 0.29) is 0 Å². The molecule has 0 atom stereocenters. The molecule has 1 heterocycles. The van der Waals surface area contributed by atoms with E-state index < -0.39 is 0 Å². The molecule has 14 heavy (non-hydrogen) atoms. The Balaban J connectivity index is 2.56. The Bertz CT molecular complexity index is 499. The highest BCUT2D eigenvalue weighted by atomic mass is 79.9. The second kappa shape index (κ2) is 3.91. The second-order valence-corrected chi connectivity index (χ2v) is 4.42. The summed E-state index contributed by atoms with van der Waals surface area (Å²) < 4.78 is 0.992. The van der Waals surface area contributed by atoms with Gasteiger partial charge in [-0.3, -0.25) is 0 Å². The minimum atomic E-state index is 0.656. The Morgan fingerprint density at radius 2 is 2.29 bits per heavy atom. The first kappa shape index (κ1) is 9.38. The molecule has 0 saturated heterocycles. The number of aromatic nitrogens is 1. The van der Waals surface area contributed by atoms with Gasteiger partial charge in [0, 0.05) is 10.0 Å². The standard InChI is InChI=1S/C10H5BrN2S/c11-8-3-1-2-7(4-8)10-9(5-12)14-6-13-10/h1-4,6H. The molecule has 0 unspecified atom stereocenters. The number of benzene rings is 1. The van der Waals surface area contributed by atoms with Crippen molar-refractivity contribution in [3.63, 3.8) is 0 Å². The van der Waals surface area contributed by atoms with Gasteiger partial charge in [-0.2, -0.15) is 5.26 Å². The third kappa shape index (κ3) is 1.69. The molecule has 0 aliphatic heterocycles. The normalized spacial score (nSPS) is 9.71. The summed E-state index contributed by atoms with van der Waals surface area (Å²) in [6.45, 7) is 0. The lowest BCUT2D eigenvalue weighted by Gasteiger charge is -1.97. The van der Waals surface area contributed by atoms with Crippen LogP contribution in [0.4, 0.5) is 0 Å². The summed E-state index contributed by atoms with van der Waals surface area (Å²) in [7, 11) is 0. The number of nitrogens with zero attached hydrogens (tertiary/aromatic N) is 2. The molecule has 0 saturated carbocycles. The van der Waals surface area contributed by atoms with Crippen molar-refractivity contribution in [1.82, 2.24) is 4.98 Å². The molecule has 0 bridgehead atoms. The zero-order valence-corrected chi connectivity index (χ0v) is 9.47. The zero-order valence-electron chi connectivity index (χ0n) is 7.07. The second-order valence-electron chi connectivity index (χ2n) is 2.65. The van der Waals surface area contributed by atoms with Crippen molar-refractivity contribution in [3.8, 4) is 17.3 Å². The Labute approximate surface area is 94.0 Å². The highest BCUT2D eigenvalue weighted by Gasteiger charge is 2.07. The van der Waals surface area contributed by atoms with Crippen LogP contribution in [-0.4, -0.2) is 4.98 Å². The summed E-state index contributed by atoms with van der Waals surface area (Å²) in [6, 6.07) is 9.91. The maximum Gasteiger partial charge on any atom is 0.132 e. The Morgan fingerprint density at radius 3 is 3.00 bits per heavy atom. The van der Waals surface area contributed by atoms with Crippen molar-refractivity contribution in [3.05, 3.63) is 39.1 Å². The van der Waals surface area contributed by atoms with Crippen LogP contribution < -0.4 is 0 Å². The first-order valence-corrected chi connectivity index (χ1v) is 5.58. The fourth-order valence-electron chi connectivity index (χ4n) is 1.17. The molecule has 0 amide bonds. The maximum absolute atomic E-state index is 8.85. The largest absolute Gasteiger partial charge is 0.243 e. The molecule has 0 aliphatic carbocycles. The Morgan fingerprint density at radius 1 is 1.43 bits per heavy atom. The summed E-state index contributed by atoms with van der Waals surface area (Å²) in [6.07, 6.45) is 0. The van der Waals surface area contributed by atoms with Gasteiger partial charge in [-0.05, 0) is 12.1 Å². The average molecular weight is 265 g/mol. The van der Waals surface area contributed by atoms with Crippen LogP contribution in [0.1, 0.15) is 4.88 Å². The fraction of sp³-hybridized carbons (Fsp3) is 0. The van der Waals surface area contributed by atoms with Gasteiger partial charge in [0.2, 0.25) is 0 Å². The van der Waals surface area contributed by atoms with E-state index in [2.05, 4.69) is 27.0 Å². The third-order valence-corrected chi connectivity index (χ3v) is 2.99. The summed E-state index contributed by atoms with van der Waals surface area (Å²) in [5.41, 5.74) is 3.42. The average Bonchev–Trinajstić information content (AvgIpc) is 2.65. The number of nitriles is 1. The summed E-state index contributed by atoms with van der Waals surface area (Å²) in [5.74, 6) is 0. The van der Waals surface area contributed by atoms with Crippen LogP contribution in [0.2, 0.25) is 0 Å². The highest BCUT2D eigenvalue weighted by Crippen LogP contribution is 2.26. The number of hydrogen-bond acceptors (Lipinski definition) is 3. The third-order valence-electron chi connectivity index (χ3n) is 1.77. The number of hydrogen-bond donors (Lipinski definition) is 0. The molecule has 2 rings (SSSR count). The molecular formula is C10H5BrN2S. The first-order valence-electron chi connectivity index (χ1n) is 3.91. The predicted octanol–water partition coefficient (Wildman–Crippen LogP) is 3.44. The van der Waals surface area contributed by atoms with Gasteiger partial charge < -0.3 is 0 Å². The number of thiazole rings is 1. The fourth-order valence-corrected chi connectivity index (χ4v) is 2.16. The van der Waals surface area contributed by atoms with E-state index in [1.54, 1.807) is 5.51 Å². The molecule has 4 heteroatoms. The lowest BCUT2D eigenvalue weighted by atomic mass is 10.1. The van der Waals surface area contributed by atoms with E-state index >= 15 is 0 Å². The maximum atomic E-state index is 8.85. The van der Waals surface area contributed by atoms with Gasteiger partial charge in [0.05, 0.1) is 11.2 Å². The van der Waals surface area contributed by atoms with Crippen LogP contribution >= 0.6 is 27.3 Å². The molecule has 0 aliphatic rings. The quantitative estimate of drug-likeness (QED) is 0.791. The van der Waals surface area contributed by atoms with E-state index in [0.717, 1.165) is 15.7 Å². The minimum absolute atomic E-state index is 0.656. The predicted molar refractivity (Wildman–Crippen MR) is 60.0 cm³/mol. The smallest absolute Gasteiger partial charge is 0.132 e. The van der Waals surface area contributed by atoms with Gasteiger partial charge in [0.1, 0.15) is 10.9 Å². The van der Waals surface area contributed by atoms with Crippen molar-refractivity contribution in [2.75, 3.05) is 0 Å². The van der Waals surface area contributed by atoms with E-state index in [9.17, 15) is 0 Å². The summed E-state index contributed by atoms with van der Waals surface area (Å²) in [5, 5.41) is 8.85.